The quantitative estimate of drug-likeness (QED) is 0.572. The number of urea groups is 1. The number of nitrogens with one attached hydrogen (secondary N) is 2. The molecule has 0 aliphatic heterocycles. The van der Waals surface area contributed by atoms with E-state index in [2.05, 4.69) is 15.0 Å². The Morgan fingerprint density at radius 1 is 1.57 bits per heavy atom. The zero-order chi connectivity index (χ0) is 10.4. The van der Waals surface area contributed by atoms with Gasteiger partial charge in [0.15, 0.2) is 0 Å². The molecule has 0 radical (unpaired) electrons. The average Bonchev–Trinajstić information content (AvgIpc) is 2.55. The Hall–Kier alpha value is -1.89. The maximum absolute atomic E-state index is 10.9. The molecule has 4 N–H and O–H groups in total. The van der Waals surface area contributed by atoms with Gasteiger partial charge >= 0.3 is 6.03 Å². The lowest BCUT2D eigenvalue weighted by Crippen LogP contribution is -2.40. The summed E-state index contributed by atoms with van der Waals surface area (Å²) in [6.45, 7) is 0.387. The summed E-state index contributed by atoms with van der Waals surface area (Å²) in [5.74, 6) is -0.485. The lowest BCUT2D eigenvalue weighted by molar-refractivity contribution is -0.119. The molecular weight excluding hydrogens is 188 g/mol. The number of hydrogen-bond acceptors (Lipinski definition) is 5. The summed E-state index contributed by atoms with van der Waals surface area (Å²) >= 11 is 0. The molecule has 0 fully saturated rings. The largest absolute Gasteiger partial charge is 0.364 e. The molecular formula is C7H10N4O3. The van der Waals surface area contributed by atoms with Crippen LogP contribution in [0.1, 0.15) is 5.69 Å². The fraction of sp³-hybridized carbons (Fsp3) is 0.286. The van der Waals surface area contributed by atoms with Gasteiger partial charge in [-0.25, -0.2) is 4.79 Å². The Kier molecular flexibility index (Phi) is 3.62. The maximum atomic E-state index is 10.9. The fourth-order valence-electron chi connectivity index (χ4n) is 0.814. The van der Waals surface area contributed by atoms with E-state index in [1.54, 1.807) is 6.07 Å². The van der Waals surface area contributed by atoms with E-state index in [1.165, 1.54) is 6.26 Å². The first-order chi connectivity index (χ1) is 6.68. The number of carbonyl (C=O) groups is 2. The second-order valence-electron chi connectivity index (χ2n) is 2.51. The van der Waals surface area contributed by atoms with Crippen LogP contribution in [0.15, 0.2) is 16.9 Å². The molecule has 76 valence electrons. The molecule has 0 aliphatic rings. The van der Waals surface area contributed by atoms with Crippen molar-refractivity contribution in [3.8, 4) is 0 Å². The van der Waals surface area contributed by atoms with Crippen LogP contribution < -0.4 is 16.4 Å². The number of nitrogens with zero attached hydrogens (tertiary/aromatic N) is 1. The molecule has 1 rings (SSSR count). The molecule has 1 heterocycles. The predicted octanol–water partition coefficient (Wildman–Crippen LogP) is -1.04. The highest BCUT2D eigenvalue weighted by Crippen LogP contribution is 1.91. The number of nitrogens with two attached hydrogens (primary N) is 1. The van der Waals surface area contributed by atoms with Gasteiger partial charge in [-0.3, -0.25) is 10.1 Å². The van der Waals surface area contributed by atoms with Crippen molar-refractivity contribution in [2.45, 2.75) is 6.54 Å². The zero-order valence-electron chi connectivity index (χ0n) is 7.32. The van der Waals surface area contributed by atoms with Crippen LogP contribution in [0.5, 0.6) is 0 Å². The van der Waals surface area contributed by atoms with Gasteiger partial charge in [0.2, 0.25) is 5.91 Å². The second kappa shape index (κ2) is 4.97. The van der Waals surface area contributed by atoms with Crippen molar-refractivity contribution in [3.63, 3.8) is 0 Å². The maximum Gasteiger partial charge on any atom is 0.318 e. The van der Waals surface area contributed by atoms with Crippen molar-refractivity contribution >= 4 is 11.9 Å². The predicted molar refractivity (Wildman–Crippen MR) is 45.9 cm³/mol. The van der Waals surface area contributed by atoms with Crippen molar-refractivity contribution in [2.24, 2.45) is 5.73 Å². The van der Waals surface area contributed by atoms with Gasteiger partial charge in [-0.05, 0) is 0 Å². The first-order valence-electron chi connectivity index (χ1n) is 3.88. The minimum Gasteiger partial charge on any atom is -0.364 e. The highest BCUT2D eigenvalue weighted by molar-refractivity contribution is 5.94. The van der Waals surface area contributed by atoms with Crippen LogP contribution in [0.3, 0.4) is 0 Å². The summed E-state index contributed by atoms with van der Waals surface area (Å²) in [5, 5.41) is 8.28. The smallest absolute Gasteiger partial charge is 0.318 e. The summed E-state index contributed by atoms with van der Waals surface area (Å²) in [4.78, 5) is 21.1. The average molecular weight is 198 g/mol. The van der Waals surface area contributed by atoms with Crippen molar-refractivity contribution in [3.05, 3.63) is 18.0 Å². The standard InChI is InChI=1S/C7H10N4O3/c8-7(13)10-6(12)4-9-3-5-1-2-14-11-5/h1-2,9H,3-4H2,(H3,8,10,12,13). The Labute approximate surface area is 79.6 Å². The minimum atomic E-state index is -0.863. The van der Waals surface area contributed by atoms with Gasteiger partial charge in [-0.1, -0.05) is 5.16 Å². The molecule has 0 aromatic carbocycles. The van der Waals surface area contributed by atoms with Crippen LogP contribution in [-0.4, -0.2) is 23.6 Å². The highest BCUT2D eigenvalue weighted by atomic mass is 16.5. The van der Waals surface area contributed by atoms with E-state index in [4.69, 9.17) is 5.73 Å². The van der Waals surface area contributed by atoms with Crippen LogP contribution in [0.25, 0.3) is 0 Å². The molecule has 0 atom stereocenters. The van der Waals surface area contributed by atoms with E-state index >= 15 is 0 Å². The molecule has 0 unspecified atom stereocenters. The van der Waals surface area contributed by atoms with Gasteiger partial charge in [0.25, 0.3) is 0 Å². The van der Waals surface area contributed by atoms with Crippen LogP contribution >= 0.6 is 0 Å². The number of rotatable bonds is 4. The number of amides is 3. The monoisotopic (exact) mass is 198 g/mol. The van der Waals surface area contributed by atoms with Crippen LogP contribution in [-0.2, 0) is 11.3 Å². The van der Waals surface area contributed by atoms with Crippen molar-refractivity contribution in [1.82, 2.24) is 15.8 Å². The van der Waals surface area contributed by atoms with Gasteiger partial charge in [0.05, 0.1) is 12.2 Å². The summed E-state index contributed by atoms with van der Waals surface area (Å²) in [6.07, 6.45) is 1.43. The fourth-order valence-corrected chi connectivity index (χ4v) is 0.814. The Morgan fingerprint density at radius 2 is 2.36 bits per heavy atom. The molecule has 0 spiro atoms. The third-order valence-corrected chi connectivity index (χ3v) is 1.35. The van der Waals surface area contributed by atoms with E-state index in [9.17, 15) is 9.59 Å². The lowest BCUT2D eigenvalue weighted by Gasteiger charge is -2.01. The minimum absolute atomic E-state index is 0.00417. The number of carbonyl (C=O) groups excluding carboxylic acids is 2. The molecule has 3 amide bonds. The van der Waals surface area contributed by atoms with Crippen LogP contribution in [0, 0.1) is 0 Å². The van der Waals surface area contributed by atoms with E-state index in [0.717, 1.165) is 0 Å². The van der Waals surface area contributed by atoms with Gasteiger partial charge in [-0.2, -0.15) is 0 Å². The van der Waals surface area contributed by atoms with Crippen molar-refractivity contribution < 1.29 is 14.1 Å². The molecule has 0 aliphatic carbocycles. The summed E-state index contributed by atoms with van der Waals surface area (Å²) < 4.78 is 4.57. The van der Waals surface area contributed by atoms with Crippen molar-refractivity contribution in [1.29, 1.82) is 0 Å². The zero-order valence-corrected chi connectivity index (χ0v) is 7.32. The van der Waals surface area contributed by atoms with Gasteiger partial charge in [0, 0.05) is 12.6 Å². The molecule has 0 saturated heterocycles. The molecule has 1 aromatic rings. The van der Waals surface area contributed by atoms with E-state index in [0.29, 0.717) is 12.2 Å². The van der Waals surface area contributed by atoms with Gasteiger partial charge < -0.3 is 15.6 Å². The summed E-state index contributed by atoms with van der Waals surface area (Å²) in [5.41, 5.74) is 5.41. The topological polar surface area (TPSA) is 110 Å². The van der Waals surface area contributed by atoms with Crippen LogP contribution in [0.4, 0.5) is 4.79 Å². The first kappa shape index (κ1) is 10.2. The number of imide groups is 1. The van der Waals surface area contributed by atoms with E-state index in [1.807, 2.05) is 5.32 Å². The number of primary amides is 1. The molecule has 7 heteroatoms. The summed E-state index contributed by atoms with van der Waals surface area (Å²) in [6, 6.07) is 0.803. The van der Waals surface area contributed by atoms with Crippen molar-refractivity contribution in [2.75, 3.05) is 6.54 Å². The highest BCUT2D eigenvalue weighted by Gasteiger charge is 2.03. The molecule has 14 heavy (non-hydrogen) atoms. The molecule has 0 bridgehead atoms. The van der Waals surface area contributed by atoms with E-state index in [-0.39, 0.29) is 6.54 Å². The Morgan fingerprint density at radius 3 is 2.93 bits per heavy atom. The SMILES string of the molecule is NC(=O)NC(=O)CNCc1ccon1. The number of aromatic nitrogens is 1. The van der Waals surface area contributed by atoms with Gasteiger partial charge in [-0.15, -0.1) is 0 Å². The lowest BCUT2D eigenvalue weighted by atomic mass is 10.4. The Balaban J connectivity index is 2.15. The third kappa shape index (κ3) is 3.68. The van der Waals surface area contributed by atoms with Gasteiger partial charge in [0.1, 0.15) is 6.26 Å². The third-order valence-electron chi connectivity index (χ3n) is 1.35. The van der Waals surface area contributed by atoms with Crippen LogP contribution in [0.2, 0.25) is 0 Å². The first-order valence-corrected chi connectivity index (χ1v) is 3.88. The summed E-state index contributed by atoms with van der Waals surface area (Å²) in [7, 11) is 0. The molecule has 0 saturated carbocycles. The molecule has 7 nitrogen and oxygen atoms in total. The van der Waals surface area contributed by atoms with E-state index < -0.39 is 11.9 Å². The molecule has 1 aromatic heterocycles. The normalized spacial score (nSPS) is 9.71. The Bertz CT molecular complexity index is 309. The second-order valence-corrected chi connectivity index (χ2v) is 2.51. The number of hydrogen-bond donors (Lipinski definition) is 3.